The number of thiophene rings is 1. The van der Waals surface area contributed by atoms with Gasteiger partial charge < -0.3 is 9.15 Å². The van der Waals surface area contributed by atoms with E-state index in [-0.39, 0.29) is 17.4 Å². The van der Waals surface area contributed by atoms with E-state index in [2.05, 4.69) is 4.72 Å². The third-order valence-electron chi connectivity index (χ3n) is 4.38. The highest BCUT2D eigenvalue weighted by Gasteiger charge is 2.24. The van der Waals surface area contributed by atoms with Gasteiger partial charge in [-0.25, -0.2) is 13.1 Å². The van der Waals surface area contributed by atoms with Gasteiger partial charge in [-0.2, -0.15) is 11.3 Å². The van der Waals surface area contributed by atoms with Gasteiger partial charge in [0.05, 0.1) is 19.3 Å². The van der Waals surface area contributed by atoms with E-state index >= 15 is 0 Å². The molecule has 0 aliphatic heterocycles. The highest BCUT2D eigenvalue weighted by molar-refractivity contribution is 7.89. The monoisotopic (exact) mass is 391 g/mol. The van der Waals surface area contributed by atoms with Gasteiger partial charge in [-0.05, 0) is 71.6 Å². The SMILES string of the molecule is COc1cc(C)c(C)cc1S(=O)(=O)NCC(c1ccsc1)c1ccco1. The number of hydrogen-bond acceptors (Lipinski definition) is 5. The molecular formula is C19H21NO4S2. The molecule has 0 amide bonds. The van der Waals surface area contributed by atoms with Crippen LogP contribution in [0.5, 0.6) is 5.75 Å². The number of nitrogens with one attached hydrogen (secondary N) is 1. The molecule has 2 heterocycles. The third kappa shape index (κ3) is 3.85. The summed E-state index contributed by atoms with van der Waals surface area (Å²) in [6.07, 6.45) is 1.59. The minimum atomic E-state index is -3.73. The lowest BCUT2D eigenvalue weighted by Crippen LogP contribution is -2.29. The molecule has 138 valence electrons. The van der Waals surface area contributed by atoms with E-state index in [1.54, 1.807) is 35.8 Å². The molecule has 0 aliphatic rings. The number of aryl methyl sites for hydroxylation is 2. The summed E-state index contributed by atoms with van der Waals surface area (Å²) in [7, 11) is -2.26. The van der Waals surface area contributed by atoms with Crippen LogP contribution in [0.15, 0.2) is 56.7 Å². The third-order valence-corrected chi connectivity index (χ3v) is 6.53. The molecule has 0 radical (unpaired) electrons. The van der Waals surface area contributed by atoms with Gasteiger partial charge in [-0.1, -0.05) is 0 Å². The maximum Gasteiger partial charge on any atom is 0.244 e. The first-order valence-corrected chi connectivity index (χ1v) is 10.6. The fourth-order valence-electron chi connectivity index (χ4n) is 2.75. The molecule has 5 nitrogen and oxygen atoms in total. The van der Waals surface area contributed by atoms with E-state index in [1.807, 2.05) is 36.7 Å². The van der Waals surface area contributed by atoms with Crippen LogP contribution >= 0.6 is 11.3 Å². The summed E-state index contributed by atoms with van der Waals surface area (Å²) in [5.41, 5.74) is 2.89. The molecule has 26 heavy (non-hydrogen) atoms. The van der Waals surface area contributed by atoms with E-state index in [1.165, 1.54) is 7.11 Å². The van der Waals surface area contributed by atoms with E-state index in [9.17, 15) is 8.42 Å². The molecule has 1 aromatic carbocycles. The standard InChI is InChI=1S/C19H21NO4S2/c1-13-9-18(23-3)19(10-14(13)2)26(21,22)20-11-16(15-6-8-25-12-15)17-5-4-7-24-17/h4-10,12,16,20H,11H2,1-3H3. The number of methoxy groups -OCH3 is 1. The molecule has 1 N–H and O–H groups in total. The number of sulfonamides is 1. The predicted octanol–water partition coefficient (Wildman–Crippen LogP) is 4.08. The van der Waals surface area contributed by atoms with Crippen molar-refractivity contribution in [2.24, 2.45) is 0 Å². The summed E-state index contributed by atoms with van der Waals surface area (Å²) in [5.74, 6) is 0.868. The Morgan fingerprint density at radius 1 is 1.23 bits per heavy atom. The Labute approximate surface area is 157 Å². The van der Waals surface area contributed by atoms with Crippen LogP contribution in [0.4, 0.5) is 0 Å². The first-order valence-electron chi connectivity index (χ1n) is 8.13. The van der Waals surface area contributed by atoms with Gasteiger partial charge in [0.1, 0.15) is 16.4 Å². The van der Waals surface area contributed by atoms with Crippen molar-refractivity contribution in [1.82, 2.24) is 4.72 Å². The summed E-state index contributed by atoms with van der Waals surface area (Å²) in [5, 5.41) is 3.96. The number of furan rings is 1. The molecule has 0 spiro atoms. The zero-order valence-electron chi connectivity index (χ0n) is 14.9. The number of hydrogen-bond donors (Lipinski definition) is 1. The molecule has 0 saturated heterocycles. The average Bonchev–Trinajstić information content (AvgIpc) is 3.31. The van der Waals surface area contributed by atoms with Crippen LogP contribution in [0.2, 0.25) is 0 Å². The van der Waals surface area contributed by atoms with E-state index in [0.29, 0.717) is 5.75 Å². The summed E-state index contributed by atoms with van der Waals surface area (Å²) in [4.78, 5) is 0.145. The highest BCUT2D eigenvalue weighted by atomic mass is 32.2. The van der Waals surface area contributed by atoms with Crippen LogP contribution in [-0.4, -0.2) is 22.1 Å². The highest BCUT2D eigenvalue weighted by Crippen LogP contribution is 2.29. The van der Waals surface area contributed by atoms with Crippen LogP contribution < -0.4 is 9.46 Å². The first-order chi connectivity index (χ1) is 12.4. The zero-order valence-corrected chi connectivity index (χ0v) is 16.5. The van der Waals surface area contributed by atoms with Gasteiger partial charge in [0.15, 0.2) is 0 Å². The Hall–Kier alpha value is -2.09. The molecule has 7 heteroatoms. The average molecular weight is 392 g/mol. The minimum absolute atomic E-state index is 0.145. The second kappa shape index (κ2) is 7.65. The van der Waals surface area contributed by atoms with Crippen molar-refractivity contribution in [3.05, 3.63) is 69.8 Å². The van der Waals surface area contributed by atoms with Crippen LogP contribution in [0.1, 0.15) is 28.4 Å². The zero-order chi connectivity index (χ0) is 18.7. The largest absolute Gasteiger partial charge is 0.495 e. The van der Waals surface area contributed by atoms with Crippen molar-refractivity contribution >= 4 is 21.4 Å². The second-order valence-electron chi connectivity index (χ2n) is 6.06. The van der Waals surface area contributed by atoms with Crippen LogP contribution in [0.3, 0.4) is 0 Å². The Morgan fingerprint density at radius 2 is 2.00 bits per heavy atom. The van der Waals surface area contributed by atoms with E-state index in [0.717, 1.165) is 22.5 Å². The Morgan fingerprint density at radius 3 is 2.62 bits per heavy atom. The van der Waals surface area contributed by atoms with Crippen molar-refractivity contribution < 1.29 is 17.6 Å². The Bertz CT molecular complexity index is 927. The molecule has 1 unspecified atom stereocenters. The Balaban J connectivity index is 1.89. The van der Waals surface area contributed by atoms with Crippen molar-refractivity contribution in [1.29, 1.82) is 0 Å². The second-order valence-corrected chi connectivity index (χ2v) is 8.58. The topological polar surface area (TPSA) is 68.5 Å². The van der Waals surface area contributed by atoms with Crippen molar-refractivity contribution in [3.63, 3.8) is 0 Å². The predicted molar refractivity (Wildman–Crippen MR) is 103 cm³/mol. The quantitative estimate of drug-likeness (QED) is 0.659. The number of rotatable bonds is 7. The lowest BCUT2D eigenvalue weighted by Gasteiger charge is -2.17. The van der Waals surface area contributed by atoms with Crippen LogP contribution in [-0.2, 0) is 10.0 Å². The molecule has 0 aliphatic carbocycles. The van der Waals surface area contributed by atoms with Gasteiger partial charge in [-0.3, -0.25) is 0 Å². The molecule has 3 rings (SSSR count). The van der Waals surface area contributed by atoms with E-state index < -0.39 is 10.0 Å². The summed E-state index contributed by atoms with van der Waals surface area (Å²) < 4.78 is 39.3. The maximum absolute atomic E-state index is 12.9. The van der Waals surface area contributed by atoms with Gasteiger partial charge in [0.25, 0.3) is 0 Å². The lowest BCUT2D eigenvalue weighted by atomic mass is 10.00. The summed E-state index contributed by atoms with van der Waals surface area (Å²) in [6, 6.07) is 9.02. The molecular weight excluding hydrogens is 370 g/mol. The molecule has 3 aromatic rings. The van der Waals surface area contributed by atoms with E-state index in [4.69, 9.17) is 9.15 Å². The number of ether oxygens (including phenoxy) is 1. The van der Waals surface area contributed by atoms with Crippen molar-refractivity contribution in [3.8, 4) is 5.75 Å². The van der Waals surface area contributed by atoms with Crippen molar-refractivity contribution in [2.45, 2.75) is 24.7 Å². The Kier molecular flexibility index (Phi) is 5.50. The van der Waals surface area contributed by atoms with Crippen LogP contribution in [0, 0.1) is 13.8 Å². The van der Waals surface area contributed by atoms with Gasteiger partial charge in [0.2, 0.25) is 10.0 Å². The van der Waals surface area contributed by atoms with Gasteiger partial charge >= 0.3 is 0 Å². The van der Waals surface area contributed by atoms with Crippen molar-refractivity contribution in [2.75, 3.05) is 13.7 Å². The minimum Gasteiger partial charge on any atom is -0.495 e. The fraction of sp³-hybridized carbons (Fsp3) is 0.263. The smallest absolute Gasteiger partial charge is 0.244 e. The normalized spacial score (nSPS) is 12.9. The summed E-state index contributed by atoms with van der Waals surface area (Å²) >= 11 is 1.57. The molecule has 2 aromatic heterocycles. The van der Waals surface area contributed by atoms with Crippen LogP contribution in [0.25, 0.3) is 0 Å². The fourth-order valence-corrected chi connectivity index (χ4v) is 4.74. The molecule has 0 fully saturated rings. The van der Waals surface area contributed by atoms with Gasteiger partial charge in [0, 0.05) is 6.54 Å². The lowest BCUT2D eigenvalue weighted by molar-refractivity contribution is 0.401. The maximum atomic E-state index is 12.9. The first kappa shape index (κ1) is 18.7. The molecule has 1 atom stereocenters. The molecule has 0 saturated carbocycles. The molecule has 0 bridgehead atoms. The van der Waals surface area contributed by atoms with Gasteiger partial charge in [-0.15, -0.1) is 0 Å². The summed E-state index contributed by atoms with van der Waals surface area (Å²) in [6.45, 7) is 4.00. The number of benzene rings is 1.